The highest BCUT2D eigenvalue weighted by atomic mass is 32.2. The van der Waals surface area contributed by atoms with Gasteiger partial charge in [-0.05, 0) is 5.38 Å². The first-order valence-corrected chi connectivity index (χ1v) is 7.61. The van der Waals surface area contributed by atoms with E-state index in [2.05, 4.69) is 0 Å². The first kappa shape index (κ1) is 10.4. The Balaban J connectivity index is 3.56. The van der Waals surface area contributed by atoms with Crippen LogP contribution in [0.1, 0.15) is 0 Å². The number of hydrogen-bond donors (Lipinski definition) is 0. The summed E-state index contributed by atoms with van der Waals surface area (Å²) in [5.74, 6) is 0. The summed E-state index contributed by atoms with van der Waals surface area (Å²) in [7, 11) is -1.52. The van der Waals surface area contributed by atoms with Crippen LogP contribution in [-0.4, -0.2) is 19.0 Å². The molecule has 0 fully saturated rings. The van der Waals surface area contributed by atoms with Gasteiger partial charge in [-0.3, -0.25) is 0 Å². The molecule has 0 spiro atoms. The van der Waals surface area contributed by atoms with Gasteiger partial charge in [0.25, 0.3) is 0 Å². The van der Waals surface area contributed by atoms with Crippen molar-refractivity contribution in [3.63, 3.8) is 0 Å². The third-order valence-corrected chi connectivity index (χ3v) is 5.04. The summed E-state index contributed by atoms with van der Waals surface area (Å²) >= 11 is 0.102. The number of alkyl halides is 3. The fraction of sp³-hybridized carbons (Fsp3) is 1.00. The van der Waals surface area contributed by atoms with Gasteiger partial charge in [0.15, 0.2) is 0 Å². The number of rotatable bonds is 2. The molecule has 0 saturated heterocycles. The Labute approximate surface area is 64.2 Å². The summed E-state index contributed by atoms with van der Waals surface area (Å²) in [5.41, 5.74) is -4.04. The highest BCUT2D eigenvalue weighted by Crippen LogP contribution is 2.31. The zero-order valence-corrected chi connectivity index (χ0v) is 8.07. The van der Waals surface area contributed by atoms with Crippen LogP contribution in [0.5, 0.6) is 0 Å². The zero-order chi connectivity index (χ0) is 8.41. The first-order chi connectivity index (χ1) is 4.21. The molecular formula is C5H11F3SSi. The van der Waals surface area contributed by atoms with Crippen molar-refractivity contribution < 1.29 is 13.2 Å². The molecule has 0 nitrogen and oxygen atoms in total. The monoisotopic (exact) mass is 188 g/mol. The molecule has 0 heterocycles. The van der Waals surface area contributed by atoms with Crippen LogP contribution in [0.3, 0.4) is 0 Å². The number of halogens is 3. The fourth-order valence-corrected chi connectivity index (χ4v) is 2.69. The summed E-state index contributed by atoms with van der Waals surface area (Å²) in [4.78, 5) is 0. The molecule has 62 valence electrons. The normalized spacial score (nSPS) is 13.8. The van der Waals surface area contributed by atoms with Crippen molar-refractivity contribution in [1.29, 1.82) is 0 Å². The van der Waals surface area contributed by atoms with E-state index in [1.54, 1.807) is 0 Å². The number of hydrogen-bond acceptors (Lipinski definition) is 1. The van der Waals surface area contributed by atoms with Crippen molar-refractivity contribution in [1.82, 2.24) is 0 Å². The fourth-order valence-electron chi connectivity index (χ4n) is 0.298. The molecule has 0 aliphatic rings. The summed E-state index contributed by atoms with van der Waals surface area (Å²) < 4.78 is 34.7. The van der Waals surface area contributed by atoms with E-state index in [1.807, 2.05) is 19.6 Å². The van der Waals surface area contributed by atoms with Crippen molar-refractivity contribution >= 4 is 19.8 Å². The van der Waals surface area contributed by atoms with Gasteiger partial charge >= 0.3 is 5.51 Å². The largest absolute Gasteiger partial charge is 0.441 e. The van der Waals surface area contributed by atoms with Gasteiger partial charge in [0.05, 0.1) is 8.07 Å². The average molecular weight is 188 g/mol. The molecule has 0 amide bonds. The zero-order valence-electron chi connectivity index (χ0n) is 6.25. The van der Waals surface area contributed by atoms with Crippen LogP contribution < -0.4 is 0 Å². The lowest BCUT2D eigenvalue weighted by atomic mass is 11.6. The predicted octanol–water partition coefficient (Wildman–Crippen LogP) is 3.12. The quantitative estimate of drug-likeness (QED) is 0.600. The third kappa shape index (κ3) is 8.36. The Bertz CT molecular complexity index is 90.4. The summed E-state index contributed by atoms with van der Waals surface area (Å²) in [5, 5.41) is 0.260. The minimum atomic E-state index is -4.04. The Morgan fingerprint density at radius 3 is 1.70 bits per heavy atom. The second kappa shape index (κ2) is 3.17. The van der Waals surface area contributed by atoms with E-state index in [0.717, 1.165) is 0 Å². The van der Waals surface area contributed by atoms with E-state index in [-0.39, 0.29) is 17.1 Å². The van der Waals surface area contributed by atoms with Gasteiger partial charge in [-0.25, -0.2) is 0 Å². The van der Waals surface area contributed by atoms with E-state index >= 15 is 0 Å². The minimum absolute atomic E-state index is 0.102. The Kier molecular flexibility index (Phi) is 3.28. The Morgan fingerprint density at radius 1 is 1.20 bits per heavy atom. The van der Waals surface area contributed by atoms with Crippen molar-refractivity contribution in [3.8, 4) is 0 Å². The maximum atomic E-state index is 11.6. The van der Waals surface area contributed by atoms with Crippen LogP contribution in [0.25, 0.3) is 0 Å². The van der Waals surface area contributed by atoms with E-state index in [4.69, 9.17) is 0 Å². The topological polar surface area (TPSA) is 0 Å². The predicted molar refractivity (Wildman–Crippen MR) is 41.9 cm³/mol. The van der Waals surface area contributed by atoms with Crippen LogP contribution >= 0.6 is 11.8 Å². The maximum Gasteiger partial charge on any atom is 0.441 e. The van der Waals surface area contributed by atoms with E-state index in [0.29, 0.717) is 0 Å². The van der Waals surface area contributed by atoms with Crippen molar-refractivity contribution in [2.24, 2.45) is 0 Å². The summed E-state index contributed by atoms with van der Waals surface area (Å²) in [6.45, 7) is 5.77. The summed E-state index contributed by atoms with van der Waals surface area (Å²) in [6, 6.07) is 0. The molecule has 0 rings (SSSR count). The molecule has 5 heteroatoms. The summed E-state index contributed by atoms with van der Waals surface area (Å²) in [6.07, 6.45) is 0. The van der Waals surface area contributed by atoms with Gasteiger partial charge < -0.3 is 0 Å². The van der Waals surface area contributed by atoms with E-state index in [9.17, 15) is 13.2 Å². The maximum absolute atomic E-state index is 11.6. The van der Waals surface area contributed by atoms with Gasteiger partial charge in [0.2, 0.25) is 0 Å². The van der Waals surface area contributed by atoms with Crippen LogP contribution in [0.2, 0.25) is 19.6 Å². The van der Waals surface area contributed by atoms with Gasteiger partial charge in [-0.1, -0.05) is 31.4 Å². The molecule has 0 aromatic heterocycles. The van der Waals surface area contributed by atoms with Crippen molar-refractivity contribution in [3.05, 3.63) is 0 Å². The molecule has 0 bridgehead atoms. The van der Waals surface area contributed by atoms with Gasteiger partial charge in [-0.15, -0.1) is 0 Å². The molecule has 0 radical (unpaired) electrons. The van der Waals surface area contributed by atoms with Gasteiger partial charge in [0.1, 0.15) is 0 Å². The van der Waals surface area contributed by atoms with Gasteiger partial charge in [0, 0.05) is 0 Å². The molecule has 0 aliphatic carbocycles. The Morgan fingerprint density at radius 2 is 1.60 bits per heavy atom. The molecule has 0 N–H and O–H groups in total. The lowest BCUT2D eigenvalue weighted by Gasteiger charge is -2.15. The van der Waals surface area contributed by atoms with Crippen molar-refractivity contribution in [2.45, 2.75) is 25.1 Å². The van der Waals surface area contributed by atoms with Crippen LogP contribution in [0.4, 0.5) is 13.2 Å². The van der Waals surface area contributed by atoms with Crippen LogP contribution in [-0.2, 0) is 0 Å². The molecular weight excluding hydrogens is 177 g/mol. The van der Waals surface area contributed by atoms with Gasteiger partial charge in [-0.2, -0.15) is 13.2 Å². The second-order valence-corrected chi connectivity index (χ2v) is 10.3. The van der Waals surface area contributed by atoms with Crippen molar-refractivity contribution in [2.75, 3.05) is 5.38 Å². The highest BCUT2D eigenvalue weighted by Gasteiger charge is 2.30. The third-order valence-electron chi connectivity index (χ3n) is 0.669. The average Bonchev–Trinajstić information content (AvgIpc) is 1.57. The smallest absolute Gasteiger partial charge is 0.160 e. The second-order valence-electron chi connectivity index (χ2n) is 3.30. The molecule has 10 heavy (non-hydrogen) atoms. The molecule has 0 atom stereocenters. The van der Waals surface area contributed by atoms with Crippen LogP contribution in [0.15, 0.2) is 0 Å². The number of thioether (sulfide) groups is 1. The first-order valence-electron chi connectivity index (χ1n) is 2.91. The lowest BCUT2D eigenvalue weighted by Crippen LogP contribution is -2.26. The molecule has 0 saturated carbocycles. The lowest BCUT2D eigenvalue weighted by molar-refractivity contribution is -0.0325. The SMILES string of the molecule is C[Si](C)(C)CSC(F)(F)F. The standard InChI is InChI=1S/C5H11F3SSi/c1-10(2,3)4-9-5(6,7)8/h4H2,1-3H3. The minimum Gasteiger partial charge on any atom is -0.160 e. The molecule has 0 aromatic rings. The Hall–Kier alpha value is 0.357. The molecule has 0 unspecified atom stereocenters. The molecule has 0 aliphatic heterocycles. The van der Waals surface area contributed by atoms with Crippen LogP contribution in [0, 0.1) is 0 Å². The van der Waals surface area contributed by atoms with E-state index in [1.165, 1.54) is 0 Å². The van der Waals surface area contributed by atoms with E-state index < -0.39 is 13.6 Å². The molecule has 0 aromatic carbocycles. The highest BCUT2D eigenvalue weighted by molar-refractivity contribution is 8.01.